The molecule has 16 heavy (non-hydrogen) atoms. The van der Waals surface area contributed by atoms with Gasteiger partial charge in [-0.3, -0.25) is 4.79 Å². The van der Waals surface area contributed by atoms with E-state index < -0.39 is 0 Å². The van der Waals surface area contributed by atoms with E-state index in [1.54, 1.807) is 11.3 Å². The van der Waals surface area contributed by atoms with Gasteiger partial charge < -0.3 is 0 Å². The number of hydrogen-bond donors (Lipinski definition) is 0. The Hall–Kier alpha value is -1.41. The quantitative estimate of drug-likeness (QED) is 0.715. The summed E-state index contributed by atoms with van der Waals surface area (Å²) >= 11 is 1.55. The highest BCUT2D eigenvalue weighted by Gasteiger charge is 2.12. The van der Waals surface area contributed by atoms with Crippen LogP contribution in [0.1, 0.15) is 32.6 Å². The van der Waals surface area contributed by atoms with E-state index >= 15 is 0 Å². The maximum atomic E-state index is 12.2. The van der Waals surface area contributed by atoms with E-state index in [1.165, 1.54) is 11.1 Å². The van der Waals surface area contributed by atoms with Gasteiger partial charge >= 0.3 is 0 Å². The van der Waals surface area contributed by atoms with Gasteiger partial charge in [-0.05, 0) is 55.0 Å². The molecule has 0 saturated heterocycles. The smallest absolute Gasteiger partial charge is 0.194 e. The van der Waals surface area contributed by atoms with Gasteiger partial charge in [-0.15, -0.1) is 0 Å². The largest absolute Gasteiger partial charge is 0.289 e. The van der Waals surface area contributed by atoms with Crippen molar-refractivity contribution < 1.29 is 4.79 Å². The van der Waals surface area contributed by atoms with Crippen LogP contribution in [0.3, 0.4) is 0 Å². The predicted molar refractivity (Wildman–Crippen MR) is 68.4 cm³/mol. The Labute approximate surface area is 99.8 Å². The molecule has 0 aliphatic rings. The van der Waals surface area contributed by atoms with E-state index in [0.717, 1.165) is 16.7 Å². The van der Waals surface area contributed by atoms with Crippen LogP contribution in [-0.2, 0) is 0 Å². The van der Waals surface area contributed by atoms with Crippen LogP contribution in [0.4, 0.5) is 0 Å². The molecule has 2 heteroatoms. The minimum Gasteiger partial charge on any atom is -0.289 e. The molecule has 2 rings (SSSR count). The third-order valence-corrected chi connectivity index (χ3v) is 3.55. The summed E-state index contributed by atoms with van der Waals surface area (Å²) in [6.45, 7) is 6.10. The fraction of sp³-hybridized carbons (Fsp3) is 0.214. The van der Waals surface area contributed by atoms with Crippen LogP contribution in [0.25, 0.3) is 0 Å². The number of rotatable bonds is 2. The average Bonchev–Trinajstić information content (AvgIpc) is 2.75. The lowest BCUT2D eigenvalue weighted by Crippen LogP contribution is -2.03. The van der Waals surface area contributed by atoms with E-state index in [2.05, 4.69) is 13.0 Å². The van der Waals surface area contributed by atoms with Crippen molar-refractivity contribution in [3.63, 3.8) is 0 Å². The van der Waals surface area contributed by atoms with Crippen molar-refractivity contribution >= 4 is 17.1 Å². The van der Waals surface area contributed by atoms with Crippen LogP contribution in [-0.4, -0.2) is 5.78 Å². The first-order chi connectivity index (χ1) is 7.59. The lowest BCUT2D eigenvalue weighted by Gasteiger charge is -2.08. The van der Waals surface area contributed by atoms with Gasteiger partial charge in [0.05, 0.1) is 0 Å². The second kappa shape index (κ2) is 4.22. The van der Waals surface area contributed by atoms with Crippen LogP contribution in [0.2, 0.25) is 0 Å². The van der Waals surface area contributed by atoms with Gasteiger partial charge in [-0.25, -0.2) is 0 Å². The number of aryl methyl sites for hydroxylation is 3. The summed E-state index contributed by atoms with van der Waals surface area (Å²) in [5, 5.41) is 3.83. The van der Waals surface area contributed by atoms with Gasteiger partial charge in [0.15, 0.2) is 5.78 Å². The first-order valence-electron chi connectivity index (χ1n) is 5.24. The normalized spacial score (nSPS) is 10.4. The molecule has 1 aromatic carbocycles. The first-order valence-corrected chi connectivity index (χ1v) is 6.18. The van der Waals surface area contributed by atoms with Crippen molar-refractivity contribution in [2.24, 2.45) is 0 Å². The molecule has 1 nitrogen and oxygen atoms in total. The van der Waals surface area contributed by atoms with Crippen molar-refractivity contribution in [3.8, 4) is 0 Å². The van der Waals surface area contributed by atoms with E-state index in [-0.39, 0.29) is 5.78 Å². The lowest BCUT2D eigenvalue weighted by molar-refractivity contribution is 0.103. The third-order valence-electron chi connectivity index (χ3n) is 2.87. The summed E-state index contributed by atoms with van der Waals surface area (Å²) in [4.78, 5) is 12.2. The zero-order valence-corrected chi connectivity index (χ0v) is 10.5. The highest BCUT2D eigenvalue weighted by Crippen LogP contribution is 2.19. The number of ketones is 1. The second-order valence-corrected chi connectivity index (χ2v) is 4.87. The highest BCUT2D eigenvalue weighted by molar-refractivity contribution is 7.08. The van der Waals surface area contributed by atoms with Crippen molar-refractivity contribution in [2.75, 3.05) is 0 Å². The molecule has 2 aromatic rings. The Balaban J connectivity index is 2.49. The molecule has 0 aliphatic heterocycles. The Morgan fingerprint density at radius 1 is 1.06 bits per heavy atom. The van der Waals surface area contributed by atoms with Crippen molar-refractivity contribution in [1.82, 2.24) is 0 Å². The van der Waals surface area contributed by atoms with Gasteiger partial charge in [0, 0.05) is 16.5 Å². The topological polar surface area (TPSA) is 17.1 Å². The monoisotopic (exact) mass is 230 g/mol. The Morgan fingerprint density at radius 2 is 1.75 bits per heavy atom. The zero-order valence-electron chi connectivity index (χ0n) is 9.70. The number of benzene rings is 1. The maximum absolute atomic E-state index is 12.2. The van der Waals surface area contributed by atoms with Gasteiger partial charge in [0.25, 0.3) is 0 Å². The molecule has 0 N–H and O–H groups in total. The standard InChI is InChI=1S/C14H14OS/c1-9-6-11(3)13(7-10(9)2)14(15)12-4-5-16-8-12/h4-8H,1-3H3. The minimum atomic E-state index is 0.127. The Morgan fingerprint density at radius 3 is 2.38 bits per heavy atom. The van der Waals surface area contributed by atoms with Crippen LogP contribution in [0.15, 0.2) is 29.0 Å². The Bertz CT molecular complexity index is 524. The molecular formula is C14H14OS. The van der Waals surface area contributed by atoms with Crippen LogP contribution in [0, 0.1) is 20.8 Å². The number of thiophene rings is 1. The SMILES string of the molecule is Cc1cc(C)c(C(=O)c2ccsc2)cc1C. The van der Waals surface area contributed by atoms with E-state index in [4.69, 9.17) is 0 Å². The van der Waals surface area contributed by atoms with Crippen molar-refractivity contribution in [3.05, 3.63) is 56.8 Å². The van der Waals surface area contributed by atoms with Crippen LogP contribution >= 0.6 is 11.3 Å². The van der Waals surface area contributed by atoms with Crippen LogP contribution < -0.4 is 0 Å². The molecule has 0 radical (unpaired) electrons. The maximum Gasteiger partial charge on any atom is 0.194 e. The molecule has 0 amide bonds. The van der Waals surface area contributed by atoms with Gasteiger partial charge in [-0.1, -0.05) is 6.07 Å². The molecule has 0 atom stereocenters. The molecule has 0 unspecified atom stereocenters. The van der Waals surface area contributed by atoms with E-state index in [1.807, 2.05) is 36.7 Å². The van der Waals surface area contributed by atoms with Crippen molar-refractivity contribution in [2.45, 2.75) is 20.8 Å². The van der Waals surface area contributed by atoms with E-state index in [0.29, 0.717) is 0 Å². The molecule has 0 bridgehead atoms. The molecule has 1 aromatic heterocycles. The molecule has 82 valence electrons. The van der Waals surface area contributed by atoms with Crippen LogP contribution in [0.5, 0.6) is 0 Å². The van der Waals surface area contributed by atoms with Gasteiger partial charge in [-0.2, -0.15) is 11.3 Å². The molecule has 0 aliphatic carbocycles. The van der Waals surface area contributed by atoms with Gasteiger partial charge in [0.1, 0.15) is 0 Å². The molecule has 0 saturated carbocycles. The van der Waals surface area contributed by atoms with E-state index in [9.17, 15) is 4.79 Å². The predicted octanol–water partition coefficient (Wildman–Crippen LogP) is 3.90. The fourth-order valence-electron chi connectivity index (χ4n) is 1.75. The second-order valence-electron chi connectivity index (χ2n) is 4.09. The summed E-state index contributed by atoms with van der Waals surface area (Å²) in [7, 11) is 0. The Kier molecular flexibility index (Phi) is 2.92. The summed E-state index contributed by atoms with van der Waals surface area (Å²) in [5.41, 5.74) is 5.07. The highest BCUT2D eigenvalue weighted by atomic mass is 32.1. The summed E-state index contributed by atoms with van der Waals surface area (Å²) in [5.74, 6) is 0.127. The third kappa shape index (κ3) is 1.93. The number of carbonyl (C=O) groups excluding carboxylic acids is 1. The number of carbonyl (C=O) groups is 1. The molecule has 0 fully saturated rings. The zero-order chi connectivity index (χ0) is 11.7. The summed E-state index contributed by atoms with van der Waals surface area (Å²) in [6, 6.07) is 5.95. The summed E-state index contributed by atoms with van der Waals surface area (Å²) < 4.78 is 0. The molecule has 0 spiro atoms. The molecular weight excluding hydrogens is 216 g/mol. The summed E-state index contributed by atoms with van der Waals surface area (Å²) in [6.07, 6.45) is 0. The fourth-order valence-corrected chi connectivity index (χ4v) is 2.39. The van der Waals surface area contributed by atoms with Crippen molar-refractivity contribution in [1.29, 1.82) is 0 Å². The van der Waals surface area contributed by atoms with Gasteiger partial charge in [0.2, 0.25) is 0 Å². The average molecular weight is 230 g/mol. The first kappa shape index (κ1) is 11.1. The number of hydrogen-bond acceptors (Lipinski definition) is 2. The minimum absolute atomic E-state index is 0.127. The molecule has 1 heterocycles. The lowest BCUT2D eigenvalue weighted by atomic mass is 9.96.